The van der Waals surface area contributed by atoms with E-state index in [0.717, 1.165) is 80.1 Å². The Hall–Kier alpha value is -3.19. The van der Waals surface area contributed by atoms with Crippen LogP contribution >= 0.6 is 0 Å². The molecule has 2 N–H and O–H groups in total. The lowest BCUT2D eigenvalue weighted by Crippen LogP contribution is -2.28. The van der Waals surface area contributed by atoms with Gasteiger partial charge < -0.3 is 15.3 Å². The number of benzene rings is 1. The average Bonchev–Trinajstić information content (AvgIpc) is 3.47. The second-order valence-corrected chi connectivity index (χ2v) is 10.5. The summed E-state index contributed by atoms with van der Waals surface area (Å²) < 4.78 is 1.89. The van der Waals surface area contributed by atoms with Crippen LogP contribution in [0.3, 0.4) is 0 Å². The Balaban J connectivity index is 1.22. The monoisotopic (exact) mass is 487 g/mol. The van der Waals surface area contributed by atoms with Crippen LogP contribution in [-0.2, 0) is 24.7 Å². The molecule has 2 aliphatic rings. The van der Waals surface area contributed by atoms with Gasteiger partial charge in [-0.2, -0.15) is 5.10 Å². The molecule has 1 saturated heterocycles. The van der Waals surface area contributed by atoms with E-state index in [1.54, 1.807) is 0 Å². The number of carboxylic acids is 1. The lowest BCUT2D eigenvalue weighted by molar-refractivity contribution is -0.137. The topological polar surface area (TPSA) is 83.3 Å². The van der Waals surface area contributed by atoms with E-state index < -0.39 is 5.97 Å². The summed E-state index contributed by atoms with van der Waals surface area (Å²) >= 11 is 0. The molecule has 2 atom stereocenters. The molecular formula is C29H37N5O2. The number of carbonyl (C=O) groups is 1. The first kappa shape index (κ1) is 24.5. The molecule has 5 rings (SSSR count). The lowest BCUT2D eigenvalue weighted by Gasteiger charge is -2.24. The number of hydrogen-bond donors (Lipinski definition) is 2. The van der Waals surface area contributed by atoms with Crippen molar-refractivity contribution in [2.75, 3.05) is 31.5 Å². The van der Waals surface area contributed by atoms with Crippen LogP contribution in [0.5, 0.6) is 0 Å². The first-order chi connectivity index (χ1) is 17.5. The quantitative estimate of drug-likeness (QED) is 0.457. The number of aryl methyl sites for hydroxylation is 4. The van der Waals surface area contributed by atoms with Gasteiger partial charge in [-0.05, 0) is 80.3 Å². The van der Waals surface area contributed by atoms with Crippen LogP contribution in [0.25, 0.3) is 11.3 Å². The zero-order chi connectivity index (χ0) is 25.1. The van der Waals surface area contributed by atoms with Gasteiger partial charge in [-0.15, -0.1) is 0 Å². The fourth-order valence-electron chi connectivity index (χ4n) is 5.89. The Morgan fingerprint density at radius 2 is 2.17 bits per heavy atom. The van der Waals surface area contributed by atoms with Gasteiger partial charge in [-0.3, -0.25) is 9.48 Å². The Morgan fingerprint density at radius 3 is 2.97 bits per heavy atom. The summed E-state index contributed by atoms with van der Waals surface area (Å²) in [5, 5.41) is 17.5. The molecule has 7 nitrogen and oxygen atoms in total. The Morgan fingerprint density at radius 1 is 1.28 bits per heavy atom. The number of carboxylic acid groups (broad SMARTS) is 1. The van der Waals surface area contributed by atoms with Crippen molar-refractivity contribution in [3.8, 4) is 11.3 Å². The number of nitrogens with one attached hydrogen (secondary N) is 1. The molecule has 0 aliphatic carbocycles. The first-order valence-electron chi connectivity index (χ1n) is 13.2. The number of likely N-dealkylation sites (tertiary alicyclic amines) is 1. The van der Waals surface area contributed by atoms with Crippen molar-refractivity contribution in [3.05, 3.63) is 65.0 Å². The van der Waals surface area contributed by atoms with Gasteiger partial charge >= 0.3 is 5.97 Å². The van der Waals surface area contributed by atoms with Gasteiger partial charge in [-0.1, -0.05) is 24.3 Å². The van der Waals surface area contributed by atoms with Gasteiger partial charge in [0.1, 0.15) is 5.82 Å². The maximum Gasteiger partial charge on any atom is 0.304 e. The largest absolute Gasteiger partial charge is 0.481 e. The minimum Gasteiger partial charge on any atom is -0.481 e. The summed E-state index contributed by atoms with van der Waals surface area (Å²) in [7, 11) is 1.95. The molecule has 1 unspecified atom stereocenters. The van der Waals surface area contributed by atoms with E-state index in [0.29, 0.717) is 5.92 Å². The smallest absolute Gasteiger partial charge is 0.304 e. The van der Waals surface area contributed by atoms with Crippen LogP contribution in [0.15, 0.2) is 42.6 Å². The van der Waals surface area contributed by atoms with E-state index in [2.05, 4.69) is 52.6 Å². The summed E-state index contributed by atoms with van der Waals surface area (Å²) in [6, 6.07) is 12.8. The maximum absolute atomic E-state index is 11.8. The summed E-state index contributed by atoms with van der Waals surface area (Å²) in [6.45, 7) is 5.91. The van der Waals surface area contributed by atoms with Crippen LogP contribution in [0.4, 0.5) is 5.82 Å². The van der Waals surface area contributed by atoms with Gasteiger partial charge in [0.05, 0.1) is 18.3 Å². The van der Waals surface area contributed by atoms with Crippen molar-refractivity contribution in [1.82, 2.24) is 19.7 Å². The van der Waals surface area contributed by atoms with Gasteiger partial charge in [-0.25, -0.2) is 4.98 Å². The van der Waals surface area contributed by atoms with Crippen LogP contribution in [0.2, 0.25) is 0 Å². The second kappa shape index (κ2) is 10.8. The van der Waals surface area contributed by atoms with Crippen molar-refractivity contribution >= 4 is 11.8 Å². The molecule has 7 heteroatoms. The van der Waals surface area contributed by atoms with Crippen molar-refractivity contribution in [3.63, 3.8) is 0 Å². The SMILES string of the molecule is Cc1cnn(C)c1-c1cccc(C(CC(=O)O)CN2CC[C@@H](CCc3ccc4c(n3)NCCC4)C2)c1. The highest BCUT2D eigenvalue weighted by atomic mass is 16.4. The number of hydrogen-bond acceptors (Lipinski definition) is 5. The fourth-order valence-corrected chi connectivity index (χ4v) is 5.89. The fraction of sp³-hybridized carbons (Fsp3) is 0.483. The molecule has 4 heterocycles. The molecular weight excluding hydrogens is 450 g/mol. The standard InChI is InChI=1S/C29H37N5O2/c1-20-17-31-33(2)28(20)24-6-3-5-23(15-24)25(16-27(35)36)19-34-14-12-21(18-34)8-10-26-11-9-22-7-4-13-30-29(22)32-26/h3,5-6,9,11,15,17,21,25H,4,7-8,10,12-14,16,18-19H2,1-2H3,(H,30,32)(H,35,36)/t21-,25?/m1/s1. The second-order valence-electron chi connectivity index (χ2n) is 10.5. The number of fused-ring (bicyclic) bond motifs is 1. The number of pyridine rings is 1. The molecule has 3 aromatic rings. The number of nitrogens with zero attached hydrogens (tertiary/aromatic N) is 4. The first-order valence-corrected chi connectivity index (χ1v) is 13.2. The minimum atomic E-state index is -0.745. The average molecular weight is 488 g/mol. The highest BCUT2D eigenvalue weighted by Crippen LogP contribution is 2.31. The third kappa shape index (κ3) is 5.62. The van der Waals surface area contributed by atoms with E-state index >= 15 is 0 Å². The molecule has 0 radical (unpaired) electrons. The van der Waals surface area contributed by atoms with Crippen molar-refractivity contribution in [2.24, 2.45) is 13.0 Å². The molecule has 2 aliphatic heterocycles. The third-order valence-electron chi connectivity index (χ3n) is 7.78. The number of aliphatic carboxylic acids is 1. The van der Waals surface area contributed by atoms with E-state index in [1.807, 2.05) is 24.0 Å². The summed E-state index contributed by atoms with van der Waals surface area (Å²) in [4.78, 5) is 19.1. The van der Waals surface area contributed by atoms with Gasteiger partial charge in [0.2, 0.25) is 0 Å². The zero-order valence-electron chi connectivity index (χ0n) is 21.4. The molecule has 1 fully saturated rings. The van der Waals surface area contributed by atoms with Crippen LogP contribution in [-0.4, -0.2) is 56.9 Å². The Kier molecular flexibility index (Phi) is 7.37. The van der Waals surface area contributed by atoms with Crippen molar-refractivity contribution < 1.29 is 9.90 Å². The number of aromatic nitrogens is 3. The summed E-state index contributed by atoms with van der Waals surface area (Å²) in [6.07, 6.45) is 7.60. The van der Waals surface area contributed by atoms with Crippen LogP contribution < -0.4 is 5.32 Å². The number of rotatable bonds is 9. The Labute approximate surface area is 213 Å². The van der Waals surface area contributed by atoms with Crippen LogP contribution in [0, 0.1) is 12.8 Å². The molecule has 0 bridgehead atoms. The minimum absolute atomic E-state index is 0.0388. The molecule has 0 spiro atoms. The molecule has 0 amide bonds. The van der Waals surface area contributed by atoms with Gasteiger partial charge in [0, 0.05) is 43.9 Å². The molecule has 1 aromatic carbocycles. The van der Waals surface area contributed by atoms with Crippen LogP contribution in [0.1, 0.15) is 54.0 Å². The van der Waals surface area contributed by atoms with E-state index in [9.17, 15) is 9.90 Å². The van der Waals surface area contributed by atoms with Gasteiger partial charge in [0.15, 0.2) is 0 Å². The maximum atomic E-state index is 11.8. The van der Waals surface area contributed by atoms with Crippen molar-refractivity contribution in [1.29, 1.82) is 0 Å². The normalized spacial score (nSPS) is 18.6. The van der Waals surface area contributed by atoms with E-state index in [-0.39, 0.29) is 12.3 Å². The predicted octanol–water partition coefficient (Wildman–Crippen LogP) is 4.66. The highest BCUT2D eigenvalue weighted by Gasteiger charge is 2.27. The summed E-state index contributed by atoms with van der Waals surface area (Å²) in [5.74, 6) is 0.921. The lowest BCUT2D eigenvalue weighted by atomic mass is 9.92. The van der Waals surface area contributed by atoms with Crippen molar-refractivity contribution in [2.45, 2.75) is 51.4 Å². The third-order valence-corrected chi connectivity index (χ3v) is 7.78. The zero-order valence-corrected chi connectivity index (χ0v) is 21.4. The number of anilines is 1. The molecule has 2 aromatic heterocycles. The molecule has 190 valence electrons. The molecule has 36 heavy (non-hydrogen) atoms. The molecule has 0 saturated carbocycles. The highest BCUT2D eigenvalue weighted by molar-refractivity contribution is 5.69. The summed E-state index contributed by atoms with van der Waals surface area (Å²) in [5.41, 5.74) is 6.89. The predicted molar refractivity (Wildman–Crippen MR) is 142 cm³/mol. The Bertz CT molecular complexity index is 1200. The van der Waals surface area contributed by atoms with E-state index in [1.165, 1.54) is 17.7 Å². The van der Waals surface area contributed by atoms with E-state index in [4.69, 9.17) is 4.98 Å². The van der Waals surface area contributed by atoms with Gasteiger partial charge in [0.25, 0.3) is 0 Å².